The van der Waals surface area contributed by atoms with E-state index < -0.39 is 0 Å². The first-order valence-electron chi connectivity index (χ1n) is 6.46. The molecule has 2 heteroatoms. The van der Waals surface area contributed by atoms with Crippen LogP contribution >= 0.6 is 11.3 Å². The van der Waals surface area contributed by atoms with Crippen molar-refractivity contribution in [2.45, 2.75) is 51.9 Å². The Morgan fingerprint density at radius 3 is 2.82 bits per heavy atom. The third-order valence-corrected chi connectivity index (χ3v) is 4.58. The molecule has 0 N–H and O–H groups in total. The number of hydrogen-bond acceptors (Lipinski definition) is 2. The lowest BCUT2D eigenvalue weighted by molar-refractivity contribution is 0.0986. The van der Waals surface area contributed by atoms with Gasteiger partial charge in [-0.15, -0.1) is 17.9 Å². The van der Waals surface area contributed by atoms with Crippen LogP contribution in [0.25, 0.3) is 0 Å². The molecule has 1 nitrogen and oxygen atoms in total. The third kappa shape index (κ3) is 3.29. The zero-order valence-electron chi connectivity index (χ0n) is 10.6. The highest BCUT2D eigenvalue weighted by molar-refractivity contribution is 7.14. The van der Waals surface area contributed by atoms with Gasteiger partial charge in [-0.1, -0.05) is 12.0 Å². The highest BCUT2D eigenvalue weighted by Gasteiger charge is 2.16. The molecule has 1 aromatic heterocycles. The maximum Gasteiger partial charge on any atom is 0.173 e. The number of Topliss-reactive ketones (excluding diaryl/α,β-unsaturated/α-hetero) is 1. The highest BCUT2D eigenvalue weighted by atomic mass is 32.1. The van der Waals surface area contributed by atoms with Crippen LogP contribution in [0.15, 0.2) is 18.2 Å². The molecule has 0 fully saturated rings. The number of carbonyl (C=O) groups excluding carboxylic acids is 1. The number of rotatable bonds is 4. The molecule has 0 spiro atoms. The zero-order valence-corrected chi connectivity index (χ0v) is 11.4. The second-order valence-corrected chi connectivity index (χ2v) is 6.14. The fourth-order valence-electron chi connectivity index (χ4n) is 2.25. The van der Waals surface area contributed by atoms with E-state index in [1.807, 2.05) is 6.92 Å². The predicted molar refractivity (Wildman–Crippen MR) is 74.0 cm³/mol. The Morgan fingerprint density at radius 2 is 2.06 bits per heavy atom. The number of carbonyl (C=O) groups is 1. The molecule has 0 saturated carbocycles. The second kappa shape index (κ2) is 5.63. The van der Waals surface area contributed by atoms with Crippen molar-refractivity contribution in [2.75, 3.05) is 0 Å². The smallest absolute Gasteiger partial charge is 0.173 e. The summed E-state index contributed by atoms with van der Waals surface area (Å²) >= 11 is 1.73. The fourth-order valence-corrected chi connectivity index (χ4v) is 3.48. The first kappa shape index (κ1) is 12.6. The molecule has 2 rings (SSSR count). The maximum absolute atomic E-state index is 12.0. The summed E-state index contributed by atoms with van der Waals surface area (Å²) in [5.41, 5.74) is 2.53. The van der Waals surface area contributed by atoms with Gasteiger partial charge in [-0.05, 0) is 50.7 Å². The minimum Gasteiger partial charge on any atom is -0.293 e. The normalized spacial score (nSPS) is 15.1. The summed E-state index contributed by atoms with van der Waals surface area (Å²) in [5, 5.41) is 0. The fraction of sp³-hybridized carbons (Fsp3) is 0.533. The lowest BCUT2D eigenvalue weighted by Gasteiger charge is -1.97. The molecule has 17 heavy (non-hydrogen) atoms. The Balaban J connectivity index is 2.06. The topological polar surface area (TPSA) is 17.1 Å². The summed E-state index contributed by atoms with van der Waals surface area (Å²) in [7, 11) is 0. The van der Waals surface area contributed by atoms with Crippen molar-refractivity contribution in [2.24, 2.45) is 0 Å². The van der Waals surface area contributed by atoms with Gasteiger partial charge in [0, 0.05) is 11.3 Å². The summed E-state index contributed by atoms with van der Waals surface area (Å²) in [5.74, 6) is 0.297. The lowest BCUT2D eigenvalue weighted by Crippen LogP contribution is -1.95. The summed E-state index contributed by atoms with van der Waals surface area (Å²) in [4.78, 5) is 14.5. The molecular formula is C15H20OS. The molecule has 0 atom stereocenters. The van der Waals surface area contributed by atoms with Crippen molar-refractivity contribution in [1.29, 1.82) is 0 Å². The van der Waals surface area contributed by atoms with E-state index in [9.17, 15) is 4.79 Å². The van der Waals surface area contributed by atoms with Crippen molar-refractivity contribution in [3.05, 3.63) is 33.5 Å². The number of fused-ring (bicyclic) bond motifs is 1. The Hall–Kier alpha value is -0.890. The van der Waals surface area contributed by atoms with Crippen molar-refractivity contribution in [1.82, 2.24) is 0 Å². The van der Waals surface area contributed by atoms with Crippen LogP contribution in [0.3, 0.4) is 0 Å². The van der Waals surface area contributed by atoms with Gasteiger partial charge in [0.2, 0.25) is 0 Å². The van der Waals surface area contributed by atoms with E-state index in [1.165, 1.54) is 42.5 Å². The SMILES string of the molecule is C=C(C)CCC(=O)c1cc2c(s1)CCCCC2. The molecule has 0 bridgehead atoms. The number of aryl methyl sites for hydroxylation is 2. The van der Waals surface area contributed by atoms with Crippen molar-refractivity contribution in [3.63, 3.8) is 0 Å². The van der Waals surface area contributed by atoms with Crippen LogP contribution in [0.4, 0.5) is 0 Å². The number of allylic oxidation sites excluding steroid dienone is 1. The van der Waals surface area contributed by atoms with Gasteiger partial charge in [-0.25, -0.2) is 0 Å². The van der Waals surface area contributed by atoms with Gasteiger partial charge >= 0.3 is 0 Å². The van der Waals surface area contributed by atoms with Crippen LogP contribution in [-0.4, -0.2) is 5.78 Å². The van der Waals surface area contributed by atoms with Gasteiger partial charge in [0.25, 0.3) is 0 Å². The van der Waals surface area contributed by atoms with E-state index in [0.29, 0.717) is 12.2 Å². The summed E-state index contributed by atoms with van der Waals surface area (Å²) in [6, 6.07) is 2.14. The Kier molecular flexibility index (Phi) is 4.16. The van der Waals surface area contributed by atoms with Gasteiger partial charge in [-0.2, -0.15) is 0 Å². The monoisotopic (exact) mass is 248 g/mol. The molecule has 0 aliphatic heterocycles. The molecule has 0 radical (unpaired) electrons. The first-order chi connectivity index (χ1) is 8.16. The van der Waals surface area contributed by atoms with Crippen LogP contribution in [0.2, 0.25) is 0 Å². The van der Waals surface area contributed by atoms with Gasteiger partial charge in [0.05, 0.1) is 4.88 Å². The summed E-state index contributed by atoms with van der Waals surface area (Å²) in [6.45, 7) is 5.83. The molecule has 0 saturated heterocycles. The number of thiophene rings is 1. The molecule has 1 aliphatic rings. The minimum absolute atomic E-state index is 0.297. The van der Waals surface area contributed by atoms with Gasteiger partial charge in [0.1, 0.15) is 0 Å². The molecule has 0 aromatic carbocycles. The average Bonchev–Trinajstić information content (AvgIpc) is 2.58. The molecular weight excluding hydrogens is 228 g/mol. The van der Waals surface area contributed by atoms with E-state index >= 15 is 0 Å². The van der Waals surface area contributed by atoms with Crippen LogP contribution in [0.5, 0.6) is 0 Å². The van der Waals surface area contributed by atoms with E-state index in [-0.39, 0.29) is 0 Å². The molecule has 1 aromatic rings. The van der Waals surface area contributed by atoms with Gasteiger partial charge in [-0.3, -0.25) is 4.79 Å². The molecule has 0 unspecified atom stereocenters. The van der Waals surface area contributed by atoms with Gasteiger partial charge < -0.3 is 0 Å². The summed E-state index contributed by atoms with van der Waals surface area (Å²) < 4.78 is 0. The quantitative estimate of drug-likeness (QED) is 0.434. The van der Waals surface area contributed by atoms with Crippen LogP contribution < -0.4 is 0 Å². The minimum atomic E-state index is 0.297. The Labute approximate surface area is 108 Å². The maximum atomic E-state index is 12.0. The first-order valence-corrected chi connectivity index (χ1v) is 7.27. The lowest BCUT2D eigenvalue weighted by atomic mass is 10.1. The number of ketones is 1. The van der Waals surface area contributed by atoms with Crippen molar-refractivity contribution >= 4 is 17.1 Å². The molecule has 1 heterocycles. The van der Waals surface area contributed by atoms with E-state index in [4.69, 9.17) is 0 Å². The van der Waals surface area contributed by atoms with Crippen LogP contribution in [-0.2, 0) is 12.8 Å². The van der Waals surface area contributed by atoms with Gasteiger partial charge in [0.15, 0.2) is 5.78 Å². The average molecular weight is 248 g/mol. The van der Waals surface area contributed by atoms with Crippen LogP contribution in [0, 0.1) is 0 Å². The standard InChI is InChI=1S/C15H20OS/c1-11(2)8-9-13(16)15-10-12-6-4-3-5-7-14(12)17-15/h10H,1,3-9H2,2H3. The third-order valence-electron chi connectivity index (χ3n) is 3.30. The predicted octanol–water partition coefficient (Wildman–Crippen LogP) is 4.56. The number of hydrogen-bond donors (Lipinski definition) is 0. The molecule has 0 amide bonds. The Bertz CT molecular complexity index is 405. The van der Waals surface area contributed by atoms with Crippen LogP contribution in [0.1, 0.15) is 59.1 Å². The van der Waals surface area contributed by atoms with E-state index in [2.05, 4.69) is 12.6 Å². The van der Waals surface area contributed by atoms with E-state index in [0.717, 1.165) is 16.9 Å². The Morgan fingerprint density at radius 1 is 1.29 bits per heavy atom. The second-order valence-electron chi connectivity index (χ2n) is 5.00. The van der Waals surface area contributed by atoms with Crippen molar-refractivity contribution < 1.29 is 4.79 Å². The molecule has 1 aliphatic carbocycles. The van der Waals surface area contributed by atoms with E-state index in [1.54, 1.807) is 11.3 Å². The highest BCUT2D eigenvalue weighted by Crippen LogP contribution is 2.29. The summed E-state index contributed by atoms with van der Waals surface area (Å²) in [6.07, 6.45) is 7.68. The molecule has 92 valence electrons. The largest absolute Gasteiger partial charge is 0.293 e. The van der Waals surface area contributed by atoms with Crippen molar-refractivity contribution in [3.8, 4) is 0 Å². The zero-order chi connectivity index (χ0) is 12.3.